The van der Waals surface area contributed by atoms with Crippen LogP contribution in [-0.4, -0.2) is 27.4 Å². The molecule has 7 heteroatoms. The molecule has 0 saturated carbocycles. The van der Waals surface area contributed by atoms with E-state index in [4.69, 9.17) is 4.74 Å². The fourth-order valence-corrected chi connectivity index (χ4v) is 3.72. The molecule has 146 valence electrons. The van der Waals surface area contributed by atoms with Gasteiger partial charge in [0.1, 0.15) is 0 Å². The van der Waals surface area contributed by atoms with Crippen molar-refractivity contribution in [2.24, 2.45) is 0 Å². The minimum absolute atomic E-state index is 0.0205. The number of esters is 1. The summed E-state index contributed by atoms with van der Waals surface area (Å²) >= 11 is 1.49. The number of aromatic nitrogens is 2. The van der Waals surface area contributed by atoms with Crippen LogP contribution in [0.4, 0.5) is 5.69 Å². The SMILES string of the molecule is C[C@H](OC(=O)Cc1cn2ccsc2n1)C(=O)Nc1ccccc1-c1ccccc1. The minimum Gasteiger partial charge on any atom is -0.452 e. The van der Waals surface area contributed by atoms with E-state index in [1.807, 2.05) is 70.6 Å². The van der Waals surface area contributed by atoms with Crippen molar-refractivity contribution in [2.45, 2.75) is 19.4 Å². The standard InChI is InChI=1S/C22H19N3O3S/c1-15(28-20(26)13-17-14-25-11-12-29-22(25)23-17)21(27)24-19-10-6-5-9-18(19)16-7-3-2-4-8-16/h2-12,14-15H,13H2,1H3,(H,24,27)/t15-/m0/s1. The molecule has 29 heavy (non-hydrogen) atoms. The van der Waals surface area contributed by atoms with Crippen LogP contribution in [0.1, 0.15) is 12.6 Å². The Morgan fingerprint density at radius 1 is 1.14 bits per heavy atom. The highest BCUT2D eigenvalue weighted by atomic mass is 32.1. The Kier molecular flexibility index (Phi) is 5.39. The van der Waals surface area contributed by atoms with Crippen molar-refractivity contribution < 1.29 is 14.3 Å². The van der Waals surface area contributed by atoms with Crippen LogP contribution in [0.15, 0.2) is 72.4 Å². The van der Waals surface area contributed by atoms with Crippen LogP contribution >= 0.6 is 11.3 Å². The summed E-state index contributed by atoms with van der Waals surface area (Å²) < 4.78 is 7.16. The molecule has 0 aliphatic heterocycles. The van der Waals surface area contributed by atoms with Crippen molar-refractivity contribution in [2.75, 3.05) is 5.32 Å². The molecule has 4 aromatic rings. The number of imidazole rings is 1. The second-order valence-corrected chi connectivity index (χ2v) is 7.41. The Labute approximate surface area is 171 Å². The largest absolute Gasteiger partial charge is 0.452 e. The fourth-order valence-electron chi connectivity index (χ4n) is 3.00. The first-order valence-corrected chi connectivity index (χ1v) is 10.0. The first-order valence-electron chi connectivity index (χ1n) is 9.16. The monoisotopic (exact) mass is 405 g/mol. The molecule has 2 aromatic heterocycles. The summed E-state index contributed by atoms with van der Waals surface area (Å²) in [7, 11) is 0. The average molecular weight is 405 g/mol. The van der Waals surface area contributed by atoms with E-state index in [2.05, 4.69) is 10.3 Å². The maximum Gasteiger partial charge on any atom is 0.312 e. The molecule has 2 heterocycles. The number of benzene rings is 2. The van der Waals surface area contributed by atoms with E-state index in [9.17, 15) is 9.59 Å². The average Bonchev–Trinajstić information content (AvgIpc) is 3.30. The number of carbonyl (C=O) groups excluding carboxylic acids is 2. The molecule has 1 amide bonds. The van der Waals surface area contributed by atoms with Gasteiger partial charge in [-0.1, -0.05) is 48.5 Å². The number of nitrogens with one attached hydrogen (secondary N) is 1. The quantitative estimate of drug-likeness (QED) is 0.489. The molecule has 0 radical (unpaired) electrons. The fraction of sp³-hybridized carbons (Fsp3) is 0.136. The molecular formula is C22H19N3O3S. The van der Waals surface area contributed by atoms with Gasteiger partial charge in [-0.05, 0) is 18.6 Å². The van der Waals surface area contributed by atoms with Crippen LogP contribution in [0.25, 0.3) is 16.1 Å². The van der Waals surface area contributed by atoms with Gasteiger partial charge < -0.3 is 10.1 Å². The zero-order valence-electron chi connectivity index (χ0n) is 15.7. The number of carbonyl (C=O) groups is 2. The van der Waals surface area contributed by atoms with Gasteiger partial charge in [-0.15, -0.1) is 11.3 Å². The third-order valence-electron chi connectivity index (χ3n) is 4.42. The summed E-state index contributed by atoms with van der Waals surface area (Å²) in [4.78, 5) is 30.0. The molecule has 0 fully saturated rings. The molecule has 4 rings (SSSR count). The maximum atomic E-state index is 12.6. The number of anilines is 1. The molecule has 0 aliphatic carbocycles. The topological polar surface area (TPSA) is 72.7 Å². The van der Waals surface area contributed by atoms with Gasteiger partial charge in [-0.2, -0.15) is 0 Å². The molecule has 2 aromatic carbocycles. The van der Waals surface area contributed by atoms with E-state index in [0.717, 1.165) is 16.1 Å². The number of ether oxygens (including phenoxy) is 1. The van der Waals surface area contributed by atoms with Crippen molar-refractivity contribution in [3.63, 3.8) is 0 Å². The Morgan fingerprint density at radius 3 is 2.69 bits per heavy atom. The van der Waals surface area contributed by atoms with E-state index in [-0.39, 0.29) is 12.3 Å². The van der Waals surface area contributed by atoms with Crippen LogP contribution in [0.3, 0.4) is 0 Å². The molecule has 6 nitrogen and oxygen atoms in total. The Bertz CT molecular complexity index is 1120. The minimum atomic E-state index is -0.921. The van der Waals surface area contributed by atoms with E-state index < -0.39 is 12.1 Å². The van der Waals surface area contributed by atoms with Gasteiger partial charge in [0.05, 0.1) is 12.1 Å². The zero-order chi connectivity index (χ0) is 20.2. The predicted octanol–water partition coefficient (Wildman–Crippen LogP) is 4.18. The summed E-state index contributed by atoms with van der Waals surface area (Å²) in [5.74, 6) is -0.873. The highest BCUT2D eigenvalue weighted by molar-refractivity contribution is 7.15. The van der Waals surface area contributed by atoms with Gasteiger partial charge in [0.25, 0.3) is 5.91 Å². The molecule has 0 saturated heterocycles. The Balaban J connectivity index is 1.39. The normalized spacial score (nSPS) is 11.9. The van der Waals surface area contributed by atoms with Gasteiger partial charge in [0, 0.05) is 29.0 Å². The highest BCUT2D eigenvalue weighted by Crippen LogP contribution is 2.27. The van der Waals surface area contributed by atoms with Crippen LogP contribution in [0.2, 0.25) is 0 Å². The first-order chi connectivity index (χ1) is 14.1. The number of hydrogen-bond acceptors (Lipinski definition) is 5. The third-order valence-corrected chi connectivity index (χ3v) is 5.19. The number of nitrogens with zero attached hydrogens (tertiary/aromatic N) is 2. The van der Waals surface area contributed by atoms with Gasteiger partial charge in [0.15, 0.2) is 11.1 Å². The van der Waals surface area contributed by atoms with Gasteiger partial charge in [0.2, 0.25) is 0 Å². The van der Waals surface area contributed by atoms with Gasteiger partial charge >= 0.3 is 5.97 Å². The lowest BCUT2D eigenvalue weighted by Crippen LogP contribution is -2.30. The molecule has 1 atom stereocenters. The van der Waals surface area contributed by atoms with E-state index >= 15 is 0 Å². The van der Waals surface area contributed by atoms with Crippen molar-refractivity contribution in [1.82, 2.24) is 9.38 Å². The first kappa shape index (κ1) is 18.9. The zero-order valence-corrected chi connectivity index (χ0v) is 16.6. The Hall–Kier alpha value is -3.45. The molecular weight excluding hydrogens is 386 g/mol. The second kappa shape index (κ2) is 8.28. The molecule has 0 spiro atoms. The lowest BCUT2D eigenvalue weighted by Gasteiger charge is -2.15. The van der Waals surface area contributed by atoms with Crippen LogP contribution in [0, 0.1) is 0 Å². The Morgan fingerprint density at radius 2 is 1.90 bits per heavy atom. The summed E-state index contributed by atoms with van der Waals surface area (Å²) in [6.07, 6.45) is 2.76. The van der Waals surface area contributed by atoms with Crippen molar-refractivity contribution >= 4 is 33.9 Å². The maximum absolute atomic E-state index is 12.6. The number of thiazole rings is 1. The summed E-state index contributed by atoms with van der Waals surface area (Å²) in [6, 6.07) is 17.3. The molecule has 0 bridgehead atoms. The van der Waals surface area contributed by atoms with Gasteiger partial charge in [-0.3, -0.25) is 14.0 Å². The van der Waals surface area contributed by atoms with E-state index in [0.29, 0.717) is 11.4 Å². The third kappa shape index (κ3) is 4.35. The van der Waals surface area contributed by atoms with Gasteiger partial charge in [-0.25, -0.2) is 4.98 Å². The molecule has 0 unspecified atom stereocenters. The van der Waals surface area contributed by atoms with Crippen LogP contribution in [0.5, 0.6) is 0 Å². The molecule has 0 aliphatic rings. The smallest absolute Gasteiger partial charge is 0.312 e. The molecule has 1 N–H and O–H groups in total. The summed E-state index contributed by atoms with van der Waals surface area (Å²) in [5, 5.41) is 4.78. The van der Waals surface area contributed by atoms with Crippen LogP contribution in [-0.2, 0) is 20.7 Å². The summed E-state index contributed by atoms with van der Waals surface area (Å²) in [6.45, 7) is 1.56. The lowest BCUT2D eigenvalue weighted by molar-refractivity contribution is -0.152. The lowest BCUT2D eigenvalue weighted by atomic mass is 10.0. The second-order valence-electron chi connectivity index (χ2n) is 6.53. The number of rotatable bonds is 6. The van der Waals surface area contributed by atoms with Crippen molar-refractivity contribution in [1.29, 1.82) is 0 Å². The summed E-state index contributed by atoms with van der Waals surface area (Å²) in [5.41, 5.74) is 3.18. The van der Waals surface area contributed by atoms with Crippen molar-refractivity contribution in [3.05, 3.63) is 78.1 Å². The van der Waals surface area contributed by atoms with E-state index in [1.165, 1.54) is 11.3 Å². The predicted molar refractivity (Wildman–Crippen MR) is 113 cm³/mol. The number of para-hydroxylation sites is 1. The van der Waals surface area contributed by atoms with Crippen molar-refractivity contribution in [3.8, 4) is 11.1 Å². The number of amides is 1. The number of fused-ring (bicyclic) bond motifs is 1. The van der Waals surface area contributed by atoms with E-state index in [1.54, 1.807) is 13.1 Å². The number of hydrogen-bond donors (Lipinski definition) is 1. The highest BCUT2D eigenvalue weighted by Gasteiger charge is 2.20. The van der Waals surface area contributed by atoms with Crippen LogP contribution < -0.4 is 5.32 Å².